The van der Waals surface area contributed by atoms with Crippen LogP contribution in [0.5, 0.6) is 0 Å². The number of aromatic amines is 1. The highest BCUT2D eigenvalue weighted by atomic mass is 16.1. The van der Waals surface area contributed by atoms with Crippen molar-refractivity contribution in [3.05, 3.63) is 90.0 Å². The van der Waals surface area contributed by atoms with E-state index in [1.165, 1.54) is 4.80 Å². The molecule has 0 aliphatic heterocycles. The standard InChI is InChI=1S/C24H19N5O/c1-16-11-13-18(14-12-16)24-26-28-29(27-24)15-21(30)22-19-9-5-6-10-20(19)25-23(22)17-7-3-2-4-8-17/h2-14,25H,15H2,1H3. The number of nitrogens with one attached hydrogen (secondary N) is 1. The van der Waals surface area contributed by atoms with E-state index in [9.17, 15) is 4.79 Å². The molecule has 1 N–H and O–H groups in total. The monoisotopic (exact) mass is 393 g/mol. The summed E-state index contributed by atoms with van der Waals surface area (Å²) in [6.45, 7) is 2.04. The van der Waals surface area contributed by atoms with Crippen LogP contribution in [0.1, 0.15) is 15.9 Å². The number of H-pyrrole nitrogens is 1. The fourth-order valence-electron chi connectivity index (χ4n) is 3.59. The first kappa shape index (κ1) is 18.0. The Morgan fingerprint density at radius 2 is 1.63 bits per heavy atom. The Bertz CT molecular complexity index is 1330. The van der Waals surface area contributed by atoms with Crippen LogP contribution in [0.4, 0.5) is 0 Å². The summed E-state index contributed by atoms with van der Waals surface area (Å²) in [6.07, 6.45) is 0. The molecule has 0 unspecified atom stereocenters. The van der Waals surface area contributed by atoms with Gasteiger partial charge in [-0.1, -0.05) is 78.4 Å². The number of carbonyl (C=O) groups is 1. The van der Waals surface area contributed by atoms with Crippen molar-refractivity contribution < 1.29 is 4.79 Å². The number of carbonyl (C=O) groups excluding carboxylic acids is 1. The molecule has 0 saturated heterocycles. The maximum absolute atomic E-state index is 13.3. The summed E-state index contributed by atoms with van der Waals surface area (Å²) >= 11 is 0. The molecule has 0 fully saturated rings. The molecule has 0 radical (unpaired) electrons. The highest BCUT2D eigenvalue weighted by molar-refractivity contribution is 6.13. The van der Waals surface area contributed by atoms with Crippen molar-refractivity contribution >= 4 is 16.7 Å². The van der Waals surface area contributed by atoms with Crippen LogP contribution in [0.3, 0.4) is 0 Å². The molecular weight excluding hydrogens is 374 g/mol. The average Bonchev–Trinajstić information content (AvgIpc) is 3.39. The molecule has 2 heterocycles. The van der Waals surface area contributed by atoms with E-state index in [0.717, 1.165) is 33.3 Å². The van der Waals surface area contributed by atoms with Crippen molar-refractivity contribution in [1.82, 2.24) is 25.2 Å². The van der Waals surface area contributed by atoms with E-state index >= 15 is 0 Å². The number of hydrogen-bond acceptors (Lipinski definition) is 4. The third kappa shape index (κ3) is 3.28. The normalized spacial score (nSPS) is 11.1. The van der Waals surface area contributed by atoms with Crippen molar-refractivity contribution in [3.63, 3.8) is 0 Å². The van der Waals surface area contributed by atoms with Crippen LogP contribution in [0, 0.1) is 6.92 Å². The van der Waals surface area contributed by atoms with Gasteiger partial charge in [-0.15, -0.1) is 10.2 Å². The minimum atomic E-state index is -0.0702. The Hall–Kier alpha value is -4.06. The predicted octanol–water partition coefficient (Wildman–Crippen LogP) is 4.68. The fourth-order valence-corrected chi connectivity index (χ4v) is 3.59. The van der Waals surface area contributed by atoms with Crippen LogP contribution in [0.25, 0.3) is 33.5 Å². The number of ketones is 1. The molecule has 5 aromatic rings. The van der Waals surface area contributed by atoms with Crippen LogP contribution in [-0.4, -0.2) is 31.0 Å². The molecule has 2 aromatic heterocycles. The van der Waals surface area contributed by atoms with E-state index in [4.69, 9.17) is 0 Å². The van der Waals surface area contributed by atoms with Crippen molar-refractivity contribution in [2.24, 2.45) is 0 Å². The number of Topliss-reactive ketones (excluding diaryl/α,β-unsaturated/α-hetero) is 1. The SMILES string of the molecule is Cc1ccc(-c2nnn(CC(=O)c3c(-c4ccccc4)[nH]c4ccccc34)n2)cc1. The minimum absolute atomic E-state index is 0.0144. The van der Waals surface area contributed by atoms with Gasteiger partial charge in [-0.2, -0.15) is 4.80 Å². The van der Waals surface area contributed by atoms with Gasteiger partial charge in [0.05, 0.1) is 11.3 Å². The van der Waals surface area contributed by atoms with Crippen molar-refractivity contribution in [3.8, 4) is 22.6 Å². The van der Waals surface area contributed by atoms with Gasteiger partial charge in [0, 0.05) is 16.5 Å². The summed E-state index contributed by atoms with van der Waals surface area (Å²) in [6, 6.07) is 25.6. The number of rotatable bonds is 5. The molecule has 0 aliphatic carbocycles. The zero-order valence-electron chi connectivity index (χ0n) is 16.4. The molecule has 146 valence electrons. The Morgan fingerprint density at radius 1 is 0.900 bits per heavy atom. The van der Waals surface area contributed by atoms with Gasteiger partial charge in [0.1, 0.15) is 6.54 Å². The molecule has 0 atom stereocenters. The second-order valence-electron chi connectivity index (χ2n) is 7.22. The lowest BCUT2D eigenvalue weighted by molar-refractivity contribution is 0.0963. The van der Waals surface area contributed by atoms with Gasteiger partial charge in [0.15, 0.2) is 5.78 Å². The van der Waals surface area contributed by atoms with E-state index in [1.807, 2.05) is 85.8 Å². The summed E-state index contributed by atoms with van der Waals surface area (Å²) in [5.41, 5.74) is 5.37. The summed E-state index contributed by atoms with van der Waals surface area (Å²) in [5.74, 6) is 0.434. The highest BCUT2D eigenvalue weighted by Crippen LogP contribution is 2.31. The van der Waals surface area contributed by atoms with Crippen LogP contribution >= 0.6 is 0 Å². The highest BCUT2D eigenvalue weighted by Gasteiger charge is 2.21. The molecule has 5 rings (SSSR count). The van der Waals surface area contributed by atoms with Gasteiger partial charge in [-0.05, 0) is 23.8 Å². The first-order valence-corrected chi connectivity index (χ1v) is 9.73. The van der Waals surface area contributed by atoms with Gasteiger partial charge < -0.3 is 4.98 Å². The maximum Gasteiger partial charge on any atom is 0.204 e. The van der Waals surface area contributed by atoms with Crippen molar-refractivity contribution in [2.75, 3.05) is 0 Å². The molecule has 0 aliphatic rings. The first-order chi connectivity index (χ1) is 14.7. The second kappa shape index (κ2) is 7.40. The average molecular weight is 393 g/mol. The number of aryl methyl sites for hydroxylation is 1. The molecule has 6 heteroatoms. The third-order valence-corrected chi connectivity index (χ3v) is 5.10. The Morgan fingerprint density at radius 3 is 2.43 bits per heavy atom. The van der Waals surface area contributed by atoms with E-state index < -0.39 is 0 Å². The summed E-state index contributed by atoms with van der Waals surface area (Å²) in [7, 11) is 0. The summed E-state index contributed by atoms with van der Waals surface area (Å²) in [5, 5.41) is 13.5. The number of benzene rings is 3. The molecule has 30 heavy (non-hydrogen) atoms. The minimum Gasteiger partial charge on any atom is -0.354 e. The zero-order valence-corrected chi connectivity index (χ0v) is 16.4. The van der Waals surface area contributed by atoms with Gasteiger partial charge in [-0.3, -0.25) is 4.79 Å². The lowest BCUT2D eigenvalue weighted by atomic mass is 10.0. The molecule has 3 aromatic carbocycles. The first-order valence-electron chi connectivity index (χ1n) is 9.73. The summed E-state index contributed by atoms with van der Waals surface area (Å²) in [4.78, 5) is 18.1. The smallest absolute Gasteiger partial charge is 0.204 e. The van der Waals surface area contributed by atoms with Crippen LogP contribution in [0.2, 0.25) is 0 Å². The predicted molar refractivity (Wildman–Crippen MR) is 116 cm³/mol. The van der Waals surface area contributed by atoms with Crippen LogP contribution in [0.15, 0.2) is 78.9 Å². The van der Waals surface area contributed by atoms with Gasteiger partial charge in [0.25, 0.3) is 0 Å². The zero-order chi connectivity index (χ0) is 20.5. The molecule has 0 saturated carbocycles. The lowest BCUT2D eigenvalue weighted by Gasteiger charge is -2.04. The number of para-hydroxylation sites is 1. The largest absolute Gasteiger partial charge is 0.354 e. The topological polar surface area (TPSA) is 76.5 Å². The lowest BCUT2D eigenvalue weighted by Crippen LogP contribution is -2.14. The van der Waals surface area contributed by atoms with E-state index in [2.05, 4.69) is 20.4 Å². The molecule has 0 bridgehead atoms. The second-order valence-corrected chi connectivity index (χ2v) is 7.22. The summed E-state index contributed by atoms with van der Waals surface area (Å²) < 4.78 is 0. The number of nitrogens with zero attached hydrogens (tertiary/aromatic N) is 4. The Balaban J connectivity index is 1.50. The number of hydrogen-bond donors (Lipinski definition) is 1. The van der Waals surface area contributed by atoms with Crippen molar-refractivity contribution in [1.29, 1.82) is 0 Å². The number of aromatic nitrogens is 5. The molecular formula is C24H19N5O. The molecule has 0 amide bonds. The Labute approximate surface area is 173 Å². The van der Waals surface area contributed by atoms with Crippen LogP contribution in [-0.2, 0) is 6.54 Å². The van der Waals surface area contributed by atoms with Gasteiger partial charge in [-0.25, -0.2) is 0 Å². The van der Waals surface area contributed by atoms with E-state index in [0.29, 0.717) is 11.4 Å². The van der Waals surface area contributed by atoms with Gasteiger partial charge >= 0.3 is 0 Å². The fraction of sp³-hybridized carbons (Fsp3) is 0.0833. The van der Waals surface area contributed by atoms with Crippen molar-refractivity contribution in [2.45, 2.75) is 13.5 Å². The number of tetrazole rings is 1. The maximum atomic E-state index is 13.3. The molecule has 0 spiro atoms. The number of fused-ring (bicyclic) bond motifs is 1. The van der Waals surface area contributed by atoms with Crippen LogP contribution < -0.4 is 0 Å². The van der Waals surface area contributed by atoms with Gasteiger partial charge in [0.2, 0.25) is 5.82 Å². The van der Waals surface area contributed by atoms with E-state index in [-0.39, 0.29) is 12.3 Å². The van der Waals surface area contributed by atoms with E-state index in [1.54, 1.807) is 0 Å². The third-order valence-electron chi connectivity index (χ3n) is 5.10. The quantitative estimate of drug-likeness (QED) is 0.440. The Kier molecular flexibility index (Phi) is 4.44. The molecule has 6 nitrogen and oxygen atoms in total.